The number of carbonyl (C=O) groups excluding carboxylic acids is 1. The number of halogens is 2. The Morgan fingerprint density at radius 1 is 1.20 bits per heavy atom. The van der Waals surface area contributed by atoms with Crippen molar-refractivity contribution in [3.63, 3.8) is 0 Å². The number of aryl methyl sites for hydroxylation is 1. The lowest BCUT2D eigenvalue weighted by molar-refractivity contribution is 0.0279. The van der Waals surface area contributed by atoms with Crippen molar-refractivity contribution in [3.05, 3.63) is 81.5 Å². The number of amides is 1. The Kier molecular flexibility index (Phi) is 6.02. The van der Waals surface area contributed by atoms with Crippen molar-refractivity contribution in [2.75, 3.05) is 20.1 Å². The fourth-order valence-corrected chi connectivity index (χ4v) is 5.28. The molecule has 180 valence electrons. The van der Waals surface area contributed by atoms with Gasteiger partial charge in [-0.15, -0.1) is 5.10 Å². The van der Waals surface area contributed by atoms with E-state index in [2.05, 4.69) is 15.1 Å². The summed E-state index contributed by atoms with van der Waals surface area (Å²) in [5.41, 5.74) is 8.62. The monoisotopic (exact) mass is 510 g/mol. The molecule has 0 bridgehead atoms. The maximum atomic E-state index is 13.3. The maximum Gasteiger partial charge on any atom is 0.293 e. The third-order valence-corrected chi connectivity index (χ3v) is 7.08. The molecule has 2 aliphatic heterocycles. The molecule has 3 aromatic rings. The number of para-hydroxylation sites is 1. The summed E-state index contributed by atoms with van der Waals surface area (Å²) in [6.07, 6.45) is 2.72. The van der Waals surface area contributed by atoms with Crippen LogP contribution in [0.15, 0.2) is 59.2 Å². The lowest BCUT2D eigenvalue weighted by Gasteiger charge is -2.46. The molecule has 0 aliphatic carbocycles. The largest absolute Gasteiger partial charge is 0.482 e. The van der Waals surface area contributed by atoms with E-state index in [1.807, 2.05) is 24.3 Å². The summed E-state index contributed by atoms with van der Waals surface area (Å²) < 4.78 is 8.06. The minimum Gasteiger partial charge on any atom is -0.482 e. The number of piperidine rings is 1. The Hall–Kier alpha value is -3.36. The van der Waals surface area contributed by atoms with E-state index in [9.17, 15) is 4.79 Å². The van der Waals surface area contributed by atoms with E-state index in [1.54, 1.807) is 48.0 Å². The molecule has 1 amide bonds. The van der Waals surface area contributed by atoms with Gasteiger partial charge < -0.3 is 15.4 Å². The first-order valence-electron chi connectivity index (χ1n) is 11.2. The number of likely N-dealkylation sites (tertiary alicyclic amines) is 1. The van der Waals surface area contributed by atoms with Crippen LogP contribution in [0.25, 0.3) is 5.69 Å². The van der Waals surface area contributed by atoms with Crippen LogP contribution in [-0.2, 0) is 0 Å². The Balaban J connectivity index is 1.38. The van der Waals surface area contributed by atoms with Gasteiger partial charge in [0.15, 0.2) is 0 Å². The quantitative estimate of drug-likeness (QED) is 0.556. The summed E-state index contributed by atoms with van der Waals surface area (Å²) in [4.78, 5) is 24.0. The van der Waals surface area contributed by atoms with Crippen LogP contribution in [0.5, 0.6) is 5.75 Å². The second-order valence-electron chi connectivity index (χ2n) is 8.53. The smallest absolute Gasteiger partial charge is 0.293 e. The van der Waals surface area contributed by atoms with Gasteiger partial charge in [-0.2, -0.15) is 0 Å². The number of carbonyl (C=O) groups is 1. The summed E-state index contributed by atoms with van der Waals surface area (Å²) in [7, 11) is 1.75. The summed E-state index contributed by atoms with van der Waals surface area (Å²) in [5, 5.41) is 5.38. The van der Waals surface area contributed by atoms with E-state index < -0.39 is 5.60 Å². The maximum absolute atomic E-state index is 13.3. The molecule has 35 heavy (non-hydrogen) atoms. The van der Waals surface area contributed by atoms with Crippen LogP contribution in [-0.4, -0.2) is 57.0 Å². The topological polar surface area (TPSA) is 98.6 Å². The fourth-order valence-electron chi connectivity index (χ4n) is 4.80. The van der Waals surface area contributed by atoms with E-state index in [0.717, 1.165) is 22.6 Å². The number of aliphatic imine (C=N–C) groups is 1. The molecule has 3 heterocycles. The number of fused-ring (bicyclic) bond motifs is 1. The average Bonchev–Trinajstić information content (AvgIpc) is 3.24. The number of hydrogen-bond acceptors (Lipinski definition) is 6. The number of rotatable bonds is 2. The highest BCUT2D eigenvalue weighted by Crippen LogP contribution is 2.42. The molecule has 2 aromatic carbocycles. The molecule has 0 atom stereocenters. The van der Waals surface area contributed by atoms with Crippen LogP contribution in [0.1, 0.15) is 34.8 Å². The van der Waals surface area contributed by atoms with Crippen molar-refractivity contribution in [2.45, 2.75) is 25.4 Å². The summed E-state index contributed by atoms with van der Waals surface area (Å²) in [5.74, 6) is 1.19. The normalized spacial score (nSPS) is 19.1. The highest BCUT2D eigenvalue weighted by molar-refractivity contribution is 6.35. The van der Waals surface area contributed by atoms with Crippen LogP contribution in [0, 0.1) is 6.92 Å². The van der Waals surface area contributed by atoms with Crippen molar-refractivity contribution in [3.8, 4) is 11.4 Å². The van der Waals surface area contributed by atoms with Crippen LogP contribution in [0.4, 0.5) is 0 Å². The van der Waals surface area contributed by atoms with Crippen LogP contribution < -0.4 is 10.5 Å². The first-order valence-corrected chi connectivity index (χ1v) is 12.0. The number of aromatic nitrogens is 3. The Morgan fingerprint density at radius 2 is 1.94 bits per heavy atom. The molecule has 1 spiro atoms. The lowest BCUT2D eigenvalue weighted by atomic mass is 9.78. The second kappa shape index (κ2) is 9.02. The molecule has 10 heteroatoms. The molecule has 0 unspecified atom stereocenters. The zero-order chi connectivity index (χ0) is 24.7. The van der Waals surface area contributed by atoms with Crippen LogP contribution in [0.2, 0.25) is 10.0 Å². The van der Waals surface area contributed by atoms with Crippen molar-refractivity contribution in [1.82, 2.24) is 19.7 Å². The molecule has 1 saturated heterocycles. The highest BCUT2D eigenvalue weighted by atomic mass is 35.5. The molecule has 0 saturated carbocycles. The van der Waals surface area contributed by atoms with Gasteiger partial charge in [0, 0.05) is 55.3 Å². The molecule has 0 radical (unpaired) electrons. The second-order valence-corrected chi connectivity index (χ2v) is 9.37. The molecule has 5 rings (SSSR count). The Labute approximate surface area is 213 Å². The van der Waals surface area contributed by atoms with Gasteiger partial charge in [0.1, 0.15) is 17.2 Å². The van der Waals surface area contributed by atoms with Gasteiger partial charge in [-0.05, 0) is 37.3 Å². The minimum absolute atomic E-state index is 0.116. The van der Waals surface area contributed by atoms with Gasteiger partial charge in [-0.3, -0.25) is 9.79 Å². The number of nitrogens with two attached hydrogens (primary N) is 1. The van der Waals surface area contributed by atoms with Gasteiger partial charge in [-0.1, -0.05) is 35.3 Å². The molecular formula is C25H24Cl2N6O2. The Bertz CT molecular complexity index is 1370. The molecule has 1 fully saturated rings. The first-order chi connectivity index (χ1) is 16.9. The van der Waals surface area contributed by atoms with Gasteiger partial charge in [-0.25, -0.2) is 9.67 Å². The van der Waals surface area contributed by atoms with Crippen LogP contribution >= 0.6 is 23.2 Å². The van der Waals surface area contributed by atoms with Crippen molar-refractivity contribution >= 4 is 34.8 Å². The summed E-state index contributed by atoms with van der Waals surface area (Å²) >= 11 is 12.3. The predicted octanol–water partition coefficient (Wildman–Crippen LogP) is 4.21. The third-order valence-electron chi connectivity index (χ3n) is 6.54. The zero-order valence-electron chi connectivity index (χ0n) is 19.3. The SMILES string of the molecule is CN=C1C(=CN)C2(CCN(C(=O)c3nc(C)n(-c4ccc(Cl)cc4Cl)n3)CC2)Oc2ccccc21. The van der Waals surface area contributed by atoms with E-state index in [4.69, 9.17) is 33.7 Å². The number of benzene rings is 2. The van der Waals surface area contributed by atoms with E-state index in [-0.39, 0.29) is 11.7 Å². The zero-order valence-corrected chi connectivity index (χ0v) is 20.8. The Morgan fingerprint density at radius 3 is 2.63 bits per heavy atom. The standard InChI is InChI=1S/C25H24Cl2N6O2/c1-15-30-23(31-33(15)20-8-7-16(26)13-19(20)27)24(34)32-11-9-25(10-12-32)18(14-28)22(29-2)17-5-3-4-6-21(17)35-25/h3-8,13-14H,9-12,28H2,1-2H3. The van der Waals surface area contributed by atoms with Gasteiger partial charge in [0.2, 0.25) is 5.82 Å². The van der Waals surface area contributed by atoms with E-state index in [1.165, 1.54) is 0 Å². The highest BCUT2D eigenvalue weighted by Gasteiger charge is 2.46. The molecule has 1 aromatic heterocycles. The van der Waals surface area contributed by atoms with Crippen molar-refractivity contribution in [2.24, 2.45) is 10.7 Å². The van der Waals surface area contributed by atoms with Crippen LogP contribution in [0.3, 0.4) is 0 Å². The molecule has 2 aliphatic rings. The van der Waals surface area contributed by atoms with Gasteiger partial charge in [0.25, 0.3) is 5.91 Å². The summed E-state index contributed by atoms with van der Waals surface area (Å²) in [6, 6.07) is 12.9. The van der Waals surface area contributed by atoms with E-state index in [0.29, 0.717) is 47.5 Å². The summed E-state index contributed by atoms with van der Waals surface area (Å²) in [6.45, 7) is 2.70. The fraction of sp³-hybridized carbons (Fsp3) is 0.280. The van der Waals surface area contributed by atoms with E-state index >= 15 is 0 Å². The number of hydrogen-bond donors (Lipinski definition) is 1. The number of nitrogens with zero attached hydrogens (tertiary/aromatic N) is 5. The molecule has 8 nitrogen and oxygen atoms in total. The molecule has 2 N–H and O–H groups in total. The van der Waals surface area contributed by atoms with Gasteiger partial charge in [0.05, 0.1) is 16.4 Å². The first kappa shape index (κ1) is 23.4. The number of ether oxygens (including phenoxy) is 1. The lowest BCUT2D eigenvalue weighted by Crippen LogP contribution is -2.54. The third kappa shape index (κ3) is 3.96. The average molecular weight is 511 g/mol. The van der Waals surface area contributed by atoms with Gasteiger partial charge >= 0.3 is 0 Å². The minimum atomic E-state index is -0.645. The predicted molar refractivity (Wildman–Crippen MR) is 136 cm³/mol. The van der Waals surface area contributed by atoms with Crippen molar-refractivity contribution in [1.29, 1.82) is 0 Å². The van der Waals surface area contributed by atoms with Crippen molar-refractivity contribution < 1.29 is 9.53 Å². The molecular weight excluding hydrogens is 487 g/mol.